The first-order valence-corrected chi connectivity index (χ1v) is 29.5. The van der Waals surface area contributed by atoms with Crippen molar-refractivity contribution < 1.29 is 0 Å². The molecule has 16 rings (SSSR count). The van der Waals surface area contributed by atoms with Gasteiger partial charge in [-0.3, -0.25) is 0 Å². The van der Waals surface area contributed by atoms with Crippen molar-refractivity contribution in [3.8, 4) is 45.0 Å². The average Bonchev–Trinajstić information content (AvgIpc) is 0.852. The van der Waals surface area contributed by atoms with Crippen LogP contribution in [0.5, 0.6) is 0 Å². The summed E-state index contributed by atoms with van der Waals surface area (Å²) >= 11 is 0. The largest absolute Gasteiger partial charge is 0.310 e. The minimum Gasteiger partial charge on any atom is -0.310 e. The molecule has 3 aromatic heterocycles. The van der Waals surface area contributed by atoms with E-state index < -0.39 is 0 Å². The molecule has 0 atom stereocenters. The Morgan fingerprint density at radius 3 is 0.640 bits per heavy atom. The number of rotatable bonds is 7. The maximum atomic E-state index is 5.45. The molecule has 9 heteroatoms. The molecule has 0 fully saturated rings. The Labute approximate surface area is 500 Å². The van der Waals surface area contributed by atoms with E-state index >= 15 is 0 Å². The van der Waals surface area contributed by atoms with Gasteiger partial charge in [-0.05, 0) is 106 Å². The van der Waals surface area contributed by atoms with Gasteiger partial charge in [0.25, 0.3) is 0 Å². The number of anilines is 9. The Kier molecular flexibility index (Phi) is 11.4. The van der Waals surface area contributed by atoms with Gasteiger partial charge in [0.1, 0.15) is 0 Å². The molecule has 0 radical (unpaired) electrons. The molecular formula is C77H59N9. The van der Waals surface area contributed by atoms with E-state index in [0.717, 1.165) is 62.1 Å². The molecule has 9 nitrogen and oxygen atoms in total. The summed E-state index contributed by atoms with van der Waals surface area (Å²) in [6.07, 6.45) is 0. The minimum atomic E-state index is -0.179. The number of benzene rings is 10. The Morgan fingerprint density at radius 1 is 0.209 bits per heavy atom. The van der Waals surface area contributed by atoms with E-state index in [1.807, 2.05) is 18.2 Å². The monoisotopic (exact) mass is 1110 g/mol. The molecule has 0 amide bonds. The van der Waals surface area contributed by atoms with Crippen molar-refractivity contribution in [3.63, 3.8) is 0 Å². The summed E-state index contributed by atoms with van der Waals surface area (Å²) in [7, 11) is 0. The van der Waals surface area contributed by atoms with E-state index in [1.165, 1.54) is 44.8 Å². The number of aromatic nitrogens is 6. The van der Waals surface area contributed by atoms with Crippen LogP contribution in [0, 0.1) is 0 Å². The van der Waals surface area contributed by atoms with Crippen molar-refractivity contribution in [3.05, 3.63) is 282 Å². The minimum absolute atomic E-state index is 0.165. The topological polar surface area (TPSA) is 87.1 Å². The van der Waals surface area contributed by atoms with Crippen molar-refractivity contribution in [2.75, 3.05) is 14.7 Å². The van der Waals surface area contributed by atoms with Gasteiger partial charge >= 0.3 is 0 Å². The SMILES string of the molecule is CC1(C)c2ccccc2N(c2ccc(-c3nc4nc5nc(-c6ccc(N7c8ccccc8C(C)(C)c8ccccc87)cc6)c(-c6ccc(N7c8ccccc8C(C)(C)c8ccccc87)cc6)nc5nc4nc3-c3ccccc3)cc2)c2ccccc21. The van der Waals surface area contributed by atoms with Crippen molar-refractivity contribution in [1.82, 2.24) is 29.9 Å². The lowest BCUT2D eigenvalue weighted by molar-refractivity contribution is 0.632. The standard InChI is InChI=1S/C77H59N9/c1-75(2)55-24-10-16-30-61(55)84(62-31-17-11-25-56(62)75)52-42-36-49(37-43-52)68-67(48-22-8-7-9-23-48)78-71-72(79-68)83-74-73(82-71)80-69(50-38-44-53(45-39-50)85-63-32-18-12-26-57(63)76(3,4)58-27-13-19-33-64(58)85)70(81-74)51-40-46-54(47-41-51)86-65-34-20-14-28-59(65)77(5,6)60-29-15-21-35-66(60)86/h7-47H,1-6H3. The maximum Gasteiger partial charge on any atom is 0.200 e. The highest BCUT2D eigenvalue weighted by Gasteiger charge is 2.39. The van der Waals surface area contributed by atoms with E-state index in [2.05, 4.69) is 287 Å². The molecule has 0 bridgehead atoms. The van der Waals surface area contributed by atoms with Gasteiger partial charge in [0.05, 0.1) is 56.9 Å². The van der Waals surface area contributed by atoms with Gasteiger partial charge < -0.3 is 14.7 Å². The molecule has 0 saturated heterocycles. The van der Waals surface area contributed by atoms with Crippen LogP contribution in [0.4, 0.5) is 51.2 Å². The molecule has 0 unspecified atom stereocenters. The zero-order chi connectivity index (χ0) is 58.1. The van der Waals surface area contributed by atoms with E-state index in [1.54, 1.807) is 0 Å². The van der Waals surface area contributed by atoms with Crippen LogP contribution < -0.4 is 14.7 Å². The summed E-state index contributed by atoms with van der Waals surface area (Å²) in [6, 6.07) is 88.7. The first-order chi connectivity index (χ1) is 41.9. The van der Waals surface area contributed by atoms with E-state index in [-0.39, 0.29) is 16.2 Å². The molecule has 13 aromatic rings. The second kappa shape index (κ2) is 19.2. The van der Waals surface area contributed by atoms with Crippen LogP contribution in [-0.4, -0.2) is 29.9 Å². The summed E-state index contributed by atoms with van der Waals surface area (Å²) in [6.45, 7) is 13.9. The van der Waals surface area contributed by atoms with Crippen molar-refractivity contribution in [2.24, 2.45) is 0 Å². The third-order valence-corrected chi connectivity index (χ3v) is 18.3. The fraction of sp³-hybridized carbons (Fsp3) is 0.117. The van der Waals surface area contributed by atoms with E-state index in [0.29, 0.717) is 45.4 Å². The fourth-order valence-electron chi connectivity index (χ4n) is 13.9. The van der Waals surface area contributed by atoms with Crippen LogP contribution in [0.25, 0.3) is 67.6 Å². The lowest BCUT2D eigenvalue weighted by atomic mass is 9.73. The number of nitrogens with zero attached hydrogens (tertiary/aromatic N) is 9. The molecule has 3 aliphatic rings. The normalized spacial score (nSPS) is 14.8. The van der Waals surface area contributed by atoms with Gasteiger partial charge in [-0.1, -0.05) is 217 Å². The molecule has 0 saturated carbocycles. The molecule has 0 N–H and O–H groups in total. The highest BCUT2D eigenvalue weighted by atomic mass is 15.2. The summed E-state index contributed by atoms with van der Waals surface area (Å²) in [4.78, 5) is 39.1. The molecule has 3 aliphatic heterocycles. The van der Waals surface area contributed by atoms with Crippen molar-refractivity contribution in [2.45, 2.75) is 57.8 Å². The molecule has 0 aliphatic carbocycles. The third-order valence-electron chi connectivity index (χ3n) is 18.3. The molecule has 10 aromatic carbocycles. The van der Waals surface area contributed by atoms with Gasteiger partial charge in [0.15, 0.2) is 0 Å². The van der Waals surface area contributed by atoms with Crippen LogP contribution in [-0.2, 0) is 16.2 Å². The van der Waals surface area contributed by atoms with Crippen LogP contribution in [0.2, 0.25) is 0 Å². The fourth-order valence-corrected chi connectivity index (χ4v) is 13.9. The van der Waals surface area contributed by atoms with E-state index in [9.17, 15) is 0 Å². The molecule has 412 valence electrons. The highest BCUT2D eigenvalue weighted by Crippen LogP contribution is 2.55. The number of hydrogen-bond acceptors (Lipinski definition) is 9. The van der Waals surface area contributed by atoms with Crippen LogP contribution >= 0.6 is 0 Å². The zero-order valence-corrected chi connectivity index (χ0v) is 48.7. The predicted molar refractivity (Wildman–Crippen MR) is 350 cm³/mol. The van der Waals surface area contributed by atoms with Crippen LogP contribution in [0.15, 0.2) is 249 Å². The number of hydrogen-bond donors (Lipinski definition) is 0. The van der Waals surface area contributed by atoms with Crippen LogP contribution in [0.1, 0.15) is 74.9 Å². The second-order valence-corrected chi connectivity index (χ2v) is 24.4. The maximum absolute atomic E-state index is 5.45. The van der Waals surface area contributed by atoms with E-state index in [4.69, 9.17) is 29.9 Å². The Hall–Kier alpha value is -10.6. The van der Waals surface area contributed by atoms with Gasteiger partial charge in [-0.15, -0.1) is 0 Å². The van der Waals surface area contributed by atoms with Crippen molar-refractivity contribution >= 4 is 73.8 Å². The second-order valence-electron chi connectivity index (χ2n) is 24.4. The summed E-state index contributed by atoms with van der Waals surface area (Å²) in [5.41, 5.74) is 25.1. The zero-order valence-electron chi connectivity index (χ0n) is 48.7. The Balaban J connectivity index is 0.841. The number of para-hydroxylation sites is 6. The molecule has 86 heavy (non-hydrogen) atoms. The lowest BCUT2D eigenvalue weighted by Gasteiger charge is -2.42. The van der Waals surface area contributed by atoms with Gasteiger partial charge in [-0.2, -0.15) is 0 Å². The molecular weight excluding hydrogens is 1050 g/mol. The summed E-state index contributed by atoms with van der Waals surface area (Å²) in [5, 5.41) is 0. The van der Waals surface area contributed by atoms with Gasteiger partial charge in [-0.25, -0.2) is 29.9 Å². The summed E-state index contributed by atoms with van der Waals surface area (Å²) in [5.74, 6) is 0. The summed E-state index contributed by atoms with van der Waals surface area (Å²) < 4.78 is 0. The van der Waals surface area contributed by atoms with Crippen molar-refractivity contribution in [1.29, 1.82) is 0 Å². The van der Waals surface area contributed by atoms with Gasteiger partial charge in [0.2, 0.25) is 22.6 Å². The van der Waals surface area contributed by atoms with Crippen LogP contribution in [0.3, 0.4) is 0 Å². The molecule has 0 spiro atoms. The quantitative estimate of drug-likeness (QED) is 0.145. The third kappa shape index (κ3) is 7.84. The average molecular weight is 1110 g/mol. The smallest absolute Gasteiger partial charge is 0.200 e. The Bertz CT molecular complexity index is 4710. The van der Waals surface area contributed by atoms with Gasteiger partial charge in [0, 0.05) is 55.6 Å². The first-order valence-electron chi connectivity index (χ1n) is 29.5. The first kappa shape index (κ1) is 51.0. The molecule has 6 heterocycles. The lowest BCUT2D eigenvalue weighted by Crippen LogP contribution is -2.30. The Morgan fingerprint density at radius 2 is 0.407 bits per heavy atom. The number of fused-ring (bicyclic) bond motifs is 8. The predicted octanol–water partition coefficient (Wildman–Crippen LogP) is 19.4. The highest BCUT2D eigenvalue weighted by molar-refractivity contribution is 5.93.